The maximum atomic E-state index is 13.3. The Balaban J connectivity index is 2.34. The van der Waals surface area contributed by atoms with E-state index >= 15 is 0 Å². The molecule has 0 amide bonds. The summed E-state index contributed by atoms with van der Waals surface area (Å²) in [5.41, 5.74) is 8.75. The first-order chi connectivity index (χ1) is 8.25. The van der Waals surface area contributed by atoms with Crippen LogP contribution in [-0.4, -0.2) is 9.38 Å². The molecule has 0 saturated carbocycles. The fourth-order valence-corrected chi connectivity index (χ4v) is 1.92. The van der Waals surface area contributed by atoms with E-state index < -0.39 is 0 Å². The van der Waals surface area contributed by atoms with Crippen molar-refractivity contribution in [3.8, 4) is 11.3 Å². The monoisotopic (exact) mass is 227 g/mol. The van der Waals surface area contributed by atoms with Gasteiger partial charge in [0.15, 0.2) is 0 Å². The third-order valence-electron chi connectivity index (χ3n) is 2.72. The topological polar surface area (TPSA) is 43.3 Å². The van der Waals surface area contributed by atoms with Crippen LogP contribution < -0.4 is 5.73 Å². The molecule has 0 radical (unpaired) electrons. The molecular weight excluding hydrogens is 217 g/mol. The highest BCUT2D eigenvalue weighted by Gasteiger charge is 2.07. The zero-order chi connectivity index (χ0) is 11.8. The minimum Gasteiger partial charge on any atom is -0.398 e. The molecule has 0 spiro atoms. The largest absolute Gasteiger partial charge is 0.398 e. The summed E-state index contributed by atoms with van der Waals surface area (Å²) in [6.45, 7) is 0. The minimum absolute atomic E-state index is 0.300. The first-order valence-corrected chi connectivity index (χ1v) is 5.23. The van der Waals surface area contributed by atoms with Crippen LogP contribution in [0.2, 0.25) is 0 Å². The smallest absolute Gasteiger partial charge is 0.137 e. The van der Waals surface area contributed by atoms with Gasteiger partial charge in [-0.1, -0.05) is 6.07 Å². The van der Waals surface area contributed by atoms with Gasteiger partial charge in [-0.25, -0.2) is 9.37 Å². The van der Waals surface area contributed by atoms with Gasteiger partial charge in [-0.15, -0.1) is 0 Å². The molecule has 4 heteroatoms. The van der Waals surface area contributed by atoms with Gasteiger partial charge < -0.3 is 5.73 Å². The van der Waals surface area contributed by atoms with E-state index in [9.17, 15) is 4.39 Å². The molecule has 84 valence electrons. The van der Waals surface area contributed by atoms with Gasteiger partial charge >= 0.3 is 0 Å². The van der Waals surface area contributed by atoms with Crippen LogP contribution in [0.15, 0.2) is 48.8 Å². The van der Waals surface area contributed by atoms with Crippen LogP contribution in [0.1, 0.15) is 0 Å². The molecule has 1 aromatic carbocycles. The molecule has 0 saturated heterocycles. The summed E-state index contributed by atoms with van der Waals surface area (Å²) >= 11 is 0. The van der Waals surface area contributed by atoms with E-state index in [2.05, 4.69) is 4.98 Å². The van der Waals surface area contributed by atoms with Gasteiger partial charge in [-0.05, 0) is 30.3 Å². The first kappa shape index (κ1) is 9.84. The molecule has 2 N–H and O–H groups in total. The molecule has 17 heavy (non-hydrogen) atoms. The number of hydrogen-bond acceptors (Lipinski definition) is 2. The number of imidazole rings is 1. The summed E-state index contributed by atoms with van der Waals surface area (Å²) in [5.74, 6) is -0.300. The van der Waals surface area contributed by atoms with Crippen LogP contribution in [0.3, 0.4) is 0 Å². The van der Waals surface area contributed by atoms with E-state index in [1.807, 2.05) is 28.8 Å². The highest BCUT2D eigenvalue weighted by atomic mass is 19.1. The standard InChI is InChI=1S/C13H10FN3/c14-9-4-5-11(15)10(8-9)12-2-1-3-13-16-6-7-17(12)13/h1-8H,15H2. The average Bonchev–Trinajstić information content (AvgIpc) is 2.80. The zero-order valence-electron chi connectivity index (χ0n) is 8.97. The maximum absolute atomic E-state index is 13.3. The van der Waals surface area contributed by atoms with Gasteiger partial charge in [0.25, 0.3) is 0 Å². The second-order valence-electron chi connectivity index (χ2n) is 3.80. The predicted molar refractivity (Wildman–Crippen MR) is 65.0 cm³/mol. The van der Waals surface area contributed by atoms with Crippen molar-refractivity contribution in [1.29, 1.82) is 0 Å². The minimum atomic E-state index is -0.300. The van der Waals surface area contributed by atoms with E-state index in [1.54, 1.807) is 12.3 Å². The van der Waals surface area contributed by atoms with Crippen LogP contribution in [0.25, 0.3) is 16.9 Å². The molecule has 3 rings (SSSR count). The number of nitrogens with two attached hydrogens (primary N) is 1. The lowest BCUT2D eigenvalue weighted by atomic mass is 10.1. The predicted octanol–water partition coefficient (Wildman–Crippen LogP) is 2.72. The average molecular weight is 227 g/mol. The molecule has 0 aliphatic rings. The number of fused-ring (bicyclic) bond motifs is 1. The number of pyridine rings is 1. The molecule has 3 aromatic rings. The number of hydrogen-bond donors (Lipinski definition) is 1. The van der Waals surface area contributed by atoms with Gasteiger partial charge in [0.05, 0.1) is 5.69 Å². The Labute approximate surface area is 97.3 Å². The van der Waals surface area contributed by atoms with Crippen LogP contribution in [0, 0.1) is 5.82 Å². The van der Waals surface area contributed by atoms with Crippen molar-refractivity contribution in [1.82, 2.24) is 9.38 Å². The van der Waals surface area contributed by atoms with Gasteiger partial charge in [0, 0.05) is 23.6 Å². The summed E-state index contributed by atoms with van der Waals surface area (Å²) in [7, 11) is 0. The van der Waals surface area contributed by atoms with Crippen molar-refractivity contribution in [2.75, 3.05) is 5.73 Å². The Morgan fingerprint density at radius 3 is 2.94 bits per heavy atom. The van der Waals surface area contributed by atoms with Gasteiger partial charge in [0.2, 0.25) is 0 Å². The van der Waals surface area contributed by atoms with E-state index in [1.165, 1.54) is 12.1 Å². The lowest BCUT2D eigenvalue weighted by Gasteiger charge is -2.08. The Kier molecular flexibility index (Phi) is 2.08. The lowest BCUT2D eigenvalue weighted by Crippen LogP contribution is -1.96. The number of aromatic nitrogens is 2. The van der Waals surface area contributed by atoms with Crippen LogP contribution in [0.4, 0.5) is 10.1 Å². The van der Waals surface area contributed by atoms with E-state index in [0.29, 0.717) is 11.3 Å². The molecule has 0 aliphatic heterocycles. The van der Waals surface area contributed by atoms with E-state index in [-0.39, 0.29) is 5.82 Å². The van der Waals surface area contributed by atoms with Crippen molar-refractivity contribution in [2.24, 2.45) is 0 Å². The van der Waals surface area contributed by atoms with Gasteiger partial charge in [-0.2, -0.15) is 0 Å². The second kappa shape index (κ2) is 3.59. The molecule has 0 unspecified atom stereocenters. The Morgan fingerprint density at radius 2 is 2.06 bits per heavy atom. The van der Waals surface area contributed by atoms with E-state index in [4.69, 9.17) is 5.73 Å². The number of benzene rings is 1. The molecule has 0 fully saturated rings. The van der Waals surface area contributed by atoms with Crippen molar-refractivity contribution < 1.29 is 4.39 Å². The molecule has 0 aliphatic carbocycles. The highest BCUT2D eigenvalue weighted by molar-refractivity contribution is 5.75. The Bertz CT molecular complexity index is 688. The molecule has 2 heterocycles. The number of anilines is 1. The third kappa shape index (κ3) is 1.54. The summed E-state index contributed by atoms with van der Waals surface area (Å²) in [5, 5.41) is 0. The summed E-state index contributed by atoms with van der Waals surface area (Å²) in [6, 6.07) is 10.0. The Morgan fingerprint density at radius 1 is 1.18 bits per heavy atom. The molecule has 2 aromatic heterocycles. The number of halogens is 1. The van der Waals surface area contributed by atoms with E-state index in [0.717, 1.165) is 11.3 Å². The summed E-state index contributed by atoms with van der Waals surface area (Å²) in [6.07, 6.45) is 3.53. The van der Waals surface area contributed by atoms with Crippen molar-refractivity contribution in [3.63, 3.8) is 0 Å². The second-order valence-corrected chi connectivity index (χ2v) is 3.80. The molecule has 0 bridgehead atoms. The number of rotatable bonds is 1. The van der Waals surface area contributed by atoms with Crippen molar-refractivity contribution in [3.05, 3.63) is 54.6 Å². The quantitative estimate of drug-likeness (QED) is 0.649. The van der Waals surface area contributed by atoms with Crippen molar-refractivity contribution >= 4 is 11.3 Å². The zero-order valence-corrected chi connectivity index (χ0v) is 8.97. The normalized spacial score (nSPS) is 10.9. The van der Waals surface area contributed by atoms with Gasteiger partial charge in [0.1, 0.15) is 11.5 Å². The van der Waals surface area contributed by atoms with Crippen molar-refractivity contribution in [2.45, 2.75) is 0 Å². The fraction of sp³-hybridized carbons (Fsp3) is 0. The first-order valence-electron chi connectivity index (χ1n) is 5.23. The van der Waals surface area contributed by atoms with Crippen LogP contribution in [0.5, 0.6) is 0 Å². The number of nitrogen functional groups attached to an aromatic ring is 1. The molecular formula is C13H10FN3. The highest BCUT2D eigenvalue weighted by Crippen LogP contribution is 2.27. The van der Waals surface area contributed by atoms with Crippen LogP contribution >= 0.6 is 0 Å². The summed E-state index contributed by atoms with van der Waals surface area (Å²) < 4.78 is 15.2. The molecule has 3 nitrogen and oxygen atoms in total. The van der Waals surface area contributed by atoms with Crippen LogP contribution in [-0.2, 0) is 0 Å². The SMILES string of the molecule is Nc1ccc(F)cc1-c1cccc2nccn12. The Hall–Kier alpha value is -2.36. The summed E-state index contributed by atoms with van der Waals surface area (Å²) in [4.78, 5) is 4.19. The number of nitrogens with zero attached hydrogens (tertiary/aromatic N) is 2. The molecule has 0 atom stereocenters. The fourth-order valence-electron chi connectivity index (χ4n) is 1.92. The van der Waals surface area contributed by atoms with Gasteiger partial charge in [-0.3, -0.25) is 4.40 Å². The maximum Gasteiger partial charge on any atom is 0.137 e. The third-order valence-corrected chi connectivity index (χ3v) is 2.72. The lowest BCUT2D eigenvalue weighted by molar-refractivity contribution is 0.628.